The molecule has 0 aliphatic rings. The van der Waals surface area contributed by atoms with Crippen LogP contribution in [-0.2, 0) is 0 Å². The summed E-state index contributed by atoms with van der Waals surface area (Å²) in [5, 5.41) is 6.26. The van der Waals surface area contributed by atoms with Crippen molar-refractivity contribution in [1.29, 1.82) is 0 Å². The number of rotatable bonds is 5. The molecule has 0 radical (unpaired) electrons. The van der Waals surface area contributed by atoms with Crippen molar-refractivity contribution in [3.63, 3.8) is 0 Å². The van der Waals surface area contributed by atoms with Crippen LogP contribution < -0.4 is 4.90 Å². The van der Waals surface area contributed by atoms with E-state index in [9.17, 15) is 0 Å². The molecule has 4 heteroatoms. The van der Waals surface area contributed by atoms with Crippen LogP contribution in [0.1, 0.15) is 0 Å². The van der Waals surface area contributed by atoms with E-state index >= 15 is 0 Å². The zero-order valence-corrected chi connectivity index (χ0v) is 27.9. The van der Waals surface area contributed by atoms with Crippen LogP contribution in [0.2, 0.25) is 0 Å². The molecule has 0 aliphatic heterocycles. The fraction of sp³-hybridized carbons (Fsp3) is 0. The maximum absolute atomic E-state index is 6.84. The Morgan fingerprint density at radius 1 is 0.308 bits per heavy atom. The summed E-state index contributed by atoms with van der Waals surface area (Å²) < 4.78 is 20.0. The molecule has 3 aromatic heterocycles. The molecule has 0 fully saturated rings. The Balaban J connectivity index is 1.36. The van der Waals surface area contributed by atoms with Crippen molar-refractivity contribution in [2.45, 2.75) is 0 Å². The van der Waals surface area contributed by atoms with Gasteiger partial charge in [-0.2, -0.15) is 0 Å². The molecule has 0 saturated heterocycles. The van der Waals surface area contributed by atoms with Crippen LogP contribution in [0.25, 0.3) is 88.1 Å². The van der Waals surface area contributed by atoms with Gasteiger partial charge in [0.05, 0.1) is 33.2 Å². The lowest BCUT2D eigenvalue weighted by Gasteiger charge is -2.30. The molecule has 0 unspecified atom stereocenters. The minimum absolute atomic E-state index is 0.819. The monoisotopic (exact) mass is 667 g/mol. The molecule has 8 aromatic carbocycles. The number of para-hydroxylation sites is 3. The predicted molar refractivity (Wildman–Crippen MR) is 214 cm³/mol. The summed E-state index contributed by atoms with van der Waals surface area (Å²) in [4.78, 5) is 2.43. The molecule has 0 aliphatic carbocycles. The largest absolute Gasteiger partial charge is 0.456 e. The Bertz CT molecular complexity index is 3130. The molecule has 4 nitrogen and oxygen atoms in total. The van der Waals surface area contributed by atoms with Crippen LogP contribution in [0.5, 0.6) is 0 Å². The lowest BCUT2D eigenvalue weighted by Crippen LogP contribution is -2.13. The van der Waals surface area contributed by atoms with Gasteiger partial charge in [0.1, 0.15) is 33.5 Å². The Morgan fingerprint density at radius 3 is 1.46 bits per heavy atom. The second kappa shape index (κ2) is 11.2. The van der Waals surface area contributed by atoms with Crippen LogP contribution in [-0.4, -0.2) is 0 Å². The summed E-state index contributed by atoms with van der Waals surface area (Å²) in [6.45, 7) is 0. The molecule has 0 spiro atoms. The van der Waals surface area contributed by atoms with Crippen molar-refractivity contribution < 1.29 is 13.3 Å². The highest BCUT2D eigenvalue weighted by molar-refractivity contribution is 6.24. The van der Waals surface area contributed by atoms with Crippen molar-refractivity contribution >= 4 is 82.9 Å². The topological polar surface area (TPSA) is 42.7 Å². The van der Waals surface area contributed by atoms with E-state index in [-0.39, 0.29) is 0 Å². The fourth-order valence-electron chi connectivity index (χ4n) is 8.04. The van der Waals surface area contributed by atoms with Crippen molar-refractivity contribution in [3.05, 3.63) is 176 Å². The summed E-state index contributed by atoms with van der Waals surface area (Å²) in [6, 6.07) is 61.2. The van der Waals surface area contributed by atoms with E-state index in [0.717, 1.165) is 105 Å². The molecule has 52 heavy (non-hydrogen) atoms. The zero-order valence-electron chi connectivity index (χ0n) is 27.9. The molecule has 11 aromatic rings. The minimum atomic E-state index is 0.819. The molecular formula is C48H29NO3. The average molecular weight is 668 g/mol. The second-order valence-electron chi connectivity index (χ2n) is 13.2. The number of benzene rings is 8. The number of hydrogen-bond donors (Lipinski definition) is 0. The van der Waals surface area contributed by atoms with E-state index in [1.165, 1.54) is 0 Å². The Morgan fingerprint density at radius 2 is 0.788 bits per heavy atom. The van der Waals surface area contributed by atoms with Gasteiger partial charge in [0, 0.05) is 27.3 Å². The van der Waals surface area contributed by atoms with Gasteiger partial charge in [0.25, 0.3) is 0 Å². The fourth-order valence-corrected chi connectivity index (χ4v) is 8.04. The molecule has 11 rings (SSSR count). The van der Waals surface area contributed by atoms with E-state index in [1.807, 2.05) is 36.4 Å². The number of hydrogen-bond acceptors (Lipinski definition) is 4. The lowest BCUT2D eigenvalue weighted by molar-refractivity contribution is 0.669. The van der Waals surface area contributed by atoms with Crippen molar-refractivity contribution in [2.75, 3.05) is 4.90 Å². The molecule has 0 saturated carbocycles. The average Bonchev–Trinajstić information content (AvgIpc) is 3.91. The van der Waals surface area contributed by atoms with Crippen molar-refractivity contribution in [3.8, 4) is 22.3 Å². The van der Waals surface area contributed by atoms with E-state index in [1.54, 1.807) is 0 Å². The van der Waals surface area contributed by atoms with Gasteiger partial charge in [-0.15, -0.1) is 0 Å². The zero-order chi connectivity index (χ0) is 34.2. The molecule has 0 atom stereocenters. The van der Waals surface area contributed by atoms with Gasteiger partial charge in [-0.1, -0.05) is 121 Å². The standard InChI is InChI=1S/C48H29NO3/c1-3-14-30(15-4-1)32-27-29-43-46(36-20-9-11-23-40(36)51-43)47(32)49(37-21-13-25-42-44(37)34-18-7-10-22-39(34)50-42)38-28-26-33(31-16-5-2-6-17-31)48-45(38)35-19-8-12-24-41(35)52-48/h1-29H. The Labute approximate surface area is 298 Å². The van der Waals surface area contributed by atoms with Crippen LogP contribution in [0.4, 0.5) is 17.1 Å². The van der Waals surface area contributed by atoms with Crippen LogP contribution in [0.3, 0.4) is 0 Å². The summed E-state index contributed by atoms with van der Waals surface area (Å²) >= 11 is 0. The lowest BCUT2D eigenvalue weighted by atomic mass is 9.95. The summed E-state index contributed by atoms with van der Waals surface area (Å²) in [6.07, 6.45) is 0. The van der Waals surface area contributed by atoms with E-state index in [2.05, 4.69) is 144 Å². The minimum Gasteiger partial charge on any atom is -0.456 e. The van der Waals surface area contributed by atoms with Crippen LogP contribution in [0.15, 0.2) is 189 Å². The van der Waals surface area contributed by atoms with Gasteiger partial charge >= 0.3 is 0 Å². The third-order valence-corrected chi connectivity index (χ3v) is 10.3. The summed E-state index contributed by atoms with van der Waals surface area (Å²) in [5.74, 6) is 0. The van der Waals surface area contributed by atoms with Gasteiger partial charge in [0.15, 0.2) is 0 Å². The normalized spacial score (nSPS) is 11.8. The van der Waals surface area contributed by atoms with Gasteiger partial charge in [-0.25, -0.2) is 0 Å². The third kappa shape index (κ3) is 4.21. The first-order valence-electron chi connectivity index (χ1n) is 17.5. The first-order valence-corrected chi connectivity index (χ1v) is 17.5. The third-order valence-electron chi connectivity index (χ3n) is 10.3. The SMILES string of the molecule is c1ccc(-c2ccc3oc4ccccc4c3c2N(c2cccc3oc4ccccc4c23)c2ccc(-c3ccccc3)c3oc4ccccc4c23)cc1. The number of fused-ring (bicyclic) bond motifs is 9. The summed E-state index contributed by atoms with van der Waals surface area (Å²) in [7, 11) is 0. The number of furan rings is 3. The highest BCUT2D eigenvalue weighted by Crippen LogP contribution is 2.53. The smallest absolute Gasteiger partial charge is 0.145 e. The molecule has 0 amide bonds. The van der Waals surface area contributed by atoms with E-state index in [0.29, 0.717) is 0 Å². The highest BCUT2D eigenvalue weighted by atomic mass is 16.3. The van der Waals surface area contributed by atoms with Gasteiger partial charge in [0.2, 0.25) is 0 Å². The first-order chi connectivity index (χ1) is 25.8. The summed E-state index contributed by atoms with van der Waals surface area (Å²) in [5.41, 5.74) is 12.3. The van der Waals surface area contributed by atoms with Crippen LogP contribution >= 0.6 is 0 Å². The van der Waals surface area contributed by atoms with Crippen molar-refractivity contribution in [1.82, 2.24) is 0 Å². The van der Waals surface area contributed by atoms with E-state index in [4.69, 9.17) is 13.3 Å². The van der Waals surface area contributed by atoms with Gasteiger partial charge < -0.3 is 18.2 Å². The van der Waals surface area contributed by atoms with Gasteiger partial charge in [-0.3, -0.25) is 0 Å². The molecule has 3 heterocycles. The molecular weight excluding hydrogens is 639 g/mol. The van der Waals surface area contributed by atoms with Crippen LogP contribution in [0, 0.1) is 0 Å². The Kier molecular flexibility index (Phi) is 6.22. The number of nitrogens with zero attached hydrogens (tertiary/aromatic N) is 1. The Hall–Kier alpha value is -7.04. The first kappa shape index (κ1) is 28.8. The van der Waals surface area contributed by atoms with Gasteiger partial charge in [-0.05, 0) is 65.7 Å². The maximum atomic E-state index is 6.84. The number of anilines is 3. The molecule has 0 bridgehead atoms. The highest BCUT2D eigenvalue weighted by Gasteiger charge is 2.29. The quantitative estimate of drug-likeness (QED) is 0.183. The van der Waals surface area contributed by atoms with E-state index < -0.39 is 0 Å². The maximum Gasteiger partial charge on any atom is 0.145 e. The molecule has 244 valence electrons. The predicted octanol–water partition coefficient (Wildman–Crippen LogP) is 14.2. The van der Waals surface area contributed by atoms with Crippen molar-refractivity contribution in [2.24, 2.45) is 0 Å². The molecule has 0 N–H and O–H groups in total. The second-order valence-corrected chi connectivity index (χ2v) is 13.2.